The van der Waals surface area contributed by atoms with Crippen molar-refractivity contribution in [2.24, 2.45) is 7.05 Å². The second-order valence-electron chi connectivity index (χ2n) is 7.00. The van der Waals surface area contributed by atoms with Gasteiger partial charge in [-0.15, -0.1) is 0 Å². The lowest BCUT2D eigenvalue weighted by Crippen LogP contribution is -2.22. The molecule has 0 fully saturated rings. The Morgan fingerprint density at radius 2 is 1.80 bits per heavy atom. The average molecular weight is 405 g/mol. The Morgan fingerprint density at radius 1 is 1.00 bits per heavy atom. The lowest BCUT2D eigenvalue weighted by Gasteiger charge is -2.15. The summed E-state index contributed by atoms with van der Waals surface area (Å²) in [6.07, 6.45) is 0. The maximum absolute atomic E-state index is 13.4. The Balaban J connectivity index is 1.61. The molecule has 4 aromatic rings. The highest BCUT2D eigenvalue weighted by Gasteiger charge is 2.15. The first-order valence-electron chi connectivity index (χ1n) is 9.38. The number of hydrogen-bond acceptors (Lipinski definition) is 5. The number of tetrazole rings is 1. The van der Waals surface area contributed by atoms with Gasteiger partial charge in [0.25, 0.3) is 0 Å². The van der Waals surface area contributed by atoms with E-state index >= 15 is 0 Å². The molecule has 0 aliphatic carbocycles. The molecule has 0 amide bonds. The van der Waals surface area contributed by atoms with Gasteiger partial charge in [-0.05, 0) is 65.2 Å². The molecular weight excluding hydrogens is 385 g/mol. The van der Waals surface area contributed by atoms with Crippen molar-refractivity contribution in [2.45, 2.75) is 20.5 Å². The van der Waals surface area contributed by atoms with Crippen LogP contribution < -0.4 is 10.4 Å². The SMILES string of the molecule is Cc1cc(-c2cccc(F)n2)ccc1COc1c(C)cccc1-n1nnn(C)c1=O. The van der Waals surface area contributed by atoms with Crippen molar-refractivity contribution in [1.29, 1.82) is 0 Å². The summed E-state index contributed by atoms with van der Waals surface area (Å²) in [6, 6.07) is 16.0. The van der Waals surface area contributed by atoms with Gasteiger partial charge >= 0.3 is 5.69 Å². The number of hydrogen-bond donors (Lipinski definition) is 0. The third kappa shape index (κ3) is 3.71. The summed E-state index contributed by atoms with van der Waals surface area (Å²) in [5.74, 6) is 0.0549. The molecule has 0 spiro atoms. The molecule has 0 radical (unpaired) electrons. The molecule has 30 heavy (non-hydrogen) atoms. The lowest BCUT2D eigenvalue weighted by atomic mass is 10.0. The zero-order valence-corrected chi connectivity index (χ0v) is 16.8. The average Bonchev–Trinajstić information content (AvgIpc) is 3.06. The van der Waals surface area contributed by atoms with Crippen LogP contribution in [0.5, 0.6) is 5.75 Å². The molecule has 2 aromatic carbocycles. The van der Waals surface area contributed by atoms with Gasteiger partial charge in [0.2, 0.25) is 5.95 Å². The van der Waals surface area contributed by atoms with Gasteiger partial charge in [-0.1, -0.05) is 30.3 Å². The van der Waals surface area contributed by atoms with E-state index in [1.165, 1.54) is 10.7 Å². The van der Waals surface area contributed by atoms with E-state index < -0.39 is 5.95 Å². The van der Waals surface area contributed by atoms with Crippen molar-refractivity contribution in [3.05, 3.63) is 87.7 Å². The van der Waals surface area contributed by atoms with Crippen molar-refractivity contribution in [2.75, 3.05) is 0 Å². The second-order valence-corrected chi connectivity index (χ2v) is 7.00. The van der Waals surface area contributed by atoms with Crippen LogP contribution in [0.4, 0.5) is 4.39 Å². The van der Waals surface area contributed by atoms with Gasteiger partial charge in [0.15, 0.2) is 0 Å². The largest absolute Gasteiger partial charge is 0.486 e. The highest BCUT2D eigenvalue weighted by molar-refractivity contribution is 5.60. The number of aryl methyl sites for hydroxylation is 3. The van der Waals surface area contributed by atoms with Crippen LogP contribution in [-0.4, -0.2) is 24.8 Å². The minimum absolute atomic E-state index is 0.301. The highest BCUT2D eigenvalue weighted by Crippen LogP contribution is 2.28. The molecule has 0 unspecified atom stereocenters. The number of benzene rings is 2. The van der Waals surface area contributed by atoms with Gasteiger partial charge in [-0.3, -0.25) is 0 Å². The molecule has 7 nitrogen and oxygen atoms in total. The van der Waals surface area contributed by atoms with Crippen molar-refractivity contribution < 1.29 is 9.13 Å². The van der Waals surface area contributed by atoms with E-state index in [1.807, 2.05) is 44.2 Å². The Hall–Kier alpha value is -3.81. The van der Waals surface area contributed by atoms with E-state index in [0.29, 0.717) is 23.7 Å². The topological polar surface area (TPSA) is 74.8 Å². The van der Waals surface area contributed by atoms with E-state index in [-0.39, 0.29) is 5.69 Å². The van der Waals surface area contributed by atoms with Gasteiger partial charge in [0.1, 0.15) is 18.0 Å². The number of nitrogens with zero attached hydrogens (tertiary/aromatic N) is 5. The number of halogens is 1. The molecule has 0 saturated carbocycles. The van der Waals surface area contributed by atoms with Crippen molar-refractivity contribution in [3.8, 4) is 22.7 Å². The number of para-hydroxylation sites is 1. The summed E-state index contributed by atoms with van der Waals surface area (Å²) in [6.45, 7) is 4.18. The molecule has 8 heteroatoms. The second kappa shape index (κ2) is 7.90. The zero-order valence-electron chi connectivity index (χ0n) is 16.8. The van der Waals surface area contributed by atoms with Crippen molar-refractivity contribution in [3.63, 3.8) is 0 Å². The van der Waals surface area contributed by atoms with Gasteiger partial charge in [-0.25, -0.2) is 9.78 Å². The molecule has 0 aliphatic rings. The standard InChI is InChI=1S/C22H20FN5O2/c1-14-6-4-8-19(28-22(29)27(3)25-26-28)21(14)30-13-17-11-10-16(12-15(17)2)18-7-5-9-20(23)24-18/h4-12H,13H2,1-3H3. The van der Waals surface area contributed by atoms with Crippen molar-refractivity contribution in [1.82, 2.24) is 24.8 Å². The zero-order chi connectivity index (χ0) is 21.3. The van der Waals surface area contributed by atoms with Gasteiger partial charge in [0.05, 0.1) is 5.69 Å². The number of rotatable bonds is 5. The van der Waals surface area contributed by atoms with Crippen LogP contribution in [0.3, 0.4) is 0 Å². The van der Waals surface area contributed by atoms with Crippen LogP contribution in [0.25, 0.3) is 16.9 Å². The van der Waals surface area contributed by atoms with E-state index in [9.17, 15) is 9.18 Å². The molecule has 4 rings (SSSR count). The predicted octanol–water partition coefficient (Wildman–Crippen LogP) is 3.36. The summed E-state index contributed by atoms with van der Waals surface area (Å²) >= 11 is 0. The van der Waals surface area contributed by atoms with Gasteiger partial charge in [-0.2, -0.15) is 13.8 Å². The first kappa shape index (κ1) is 19.5. The minimum atomic E-state index is -0.510. The first-order valence-corrected chi connectivity index (χ1v) is 9.38. The highest BCUT2D eigenvalue weighted by atomic mass is 19.1. The smallest absolute Gasteiger partial charge is 0.368 e. The molecule has 2 heterocycles. The molecule has 0 atom stereocenters. The number of ether oxygens (including phenoxy) is 1. The molecule has 152 valence electrons. The fraction of sp³-hybridized carbons (Fsp3) is 0.182. The fourth-order valence-corrected chi connectivity index (χ4v) is 3.19. The monoisotopic (exact) mass is 405 g/mol. The number of pyridine rings is 1. The van der Waals surface area contributed by atoms with Crippen LogP contribution in [0.2, 0.25) is 0 Å². The Morgan fingerprint density at radius 3 is 2.50 bits per heavy atom. The molecule has 2 aromatic heterocycles. The predicted molar refractivity (Wildman–Crippen MR) is 110 cm³/mol. The van der Waals surface area contributed by atoms with Crippen LogP contribution >= 0.6 is 0 Å². The third-order valence-electron chi connectivity index (χ3n) is 4.87. The quantitative estimate of drug-likeness (QED) is 0.476. The van der Waals surface area contributed by atoms with Crippen LogP contribution in [-0.2, 0) is 13.7 Å². The minimum Gasteiger partial charge on any atom is -0.486 e. The fourth-order valence-electron chi connectivity index (χ4n) is 3.19. The first-order chi connectivity index (χ1) is 14.4. The number of aromatic nitrogens is 5. The van der Waals surface area contributed by atoms with Crippen LogP contribution in [0.1, 0.15) is 16.7 Å². The van der Waals surface area contributed by atoms with E-state index in [1.54, 1.807) is 25.2 Å². The van der Waals surface area contributed by atoms with E-state index in [0.717, 1.165) is 26.9 Å². The lowest BCUT2D eigenvalue weighted by molar-refractivity contribution is 0.301. The maximum atomic E-state index is 13.4. The van der Waals surface area contributed by atoms with E-state index in [2.05, 4.69) is 15.4 Å². The molecule has 0 saturated heterocycles. The summed E-state index contributed by atoms with van der Waals surface area (Å²) in [5, 5.41) is 7.68. The van der Waals surface area contributed by atoms with Crippen LogP contribution in [0, 0.1) is 19.8 Å². The molecule has 0 aliphatic heterocycles. The van der Waals surface area contributed by atoms with Crippen molar-refractivity contribution >= 4 is 0 Å². The van der Waals surface area contributed by atoms with Crippen LogP contribution in [0.15, 0.2) is 59.4 Å². The molecular formula is C22H20FN5O2. The van der Waals surface area contributed by atoms with E-state index in [4.69, 9.17) is 4.74 Å². The summed E-state index contributed by atoms with van der Waals surface area (Å²) in [4.78, 5) is 16.2. The summed E-state index contributed by atoms with van der Waals surface area (Å²) in [5.41, 5.74) is 4.43. The Kier molecular flexibility index (Phi) is 5.14. The summed E-state index contributed by atoms with van der Waals surface area (Å²) < 4.78 is 21.9. The molecule has 0 N–H and O–H groups in total. The molecule has 0 bridgehead atoms. The normalized spacial score (nSPS) is 10.9. The van der Waals surface area contributed by atoms with Gasteiger partial charge in [0, 0.05) is 12.6 Å². The Bertz CT molecular complexity index is 1280. The summed E-state index contributed by atoms with van der Waals surface area (Å²) in [7, 11) is 1.54. The third-order valence-corrected chi connectivity index (χ3v) is 4.87. The Labute approximate surface area is 172 Å². The maximum Gasteiger partial charge on any atom is 0.368 e. The van der Waals surface area contributed by atoms with Gasteiger partial charge < -0.3 is 4.74 Å².